The molecule has 0 radical (unpaired) electrons. The van der Waals surface area contributed by atoms with Crippen LogP contribution in [0.3, 0.4) is 0 Å². The quantitative estimate of drug-likeness (QED) is 0.115. The number of hydrogen-bond donors (Lipinski definition) is 3. The number of benzene rings is 3. The average molecular weight is 671 g/mol. The van der Waals surface area contributed by atoms with Crippen LogP contribution in [0.1, 0.15) is 12.0 Å². The summed E-state index contributed by atoms with van der Waals surface area (Å²) in [4.78, 5) is 35.5. The number of morpholine rings is 1. The van der Waals surface area contributed by atoms with Crippen LogP contribution in [0.4, 0.5) is 35.0 Å². The van der Waals surface area contributed by atoms with Crippen molar-refractivity contribution in [3.05, 3.63) is 84.2 Å². The molecule has 47 heavy (non-hydrogen) atoms. The fourth-order valence-electron chi connectivity index (χ4n) is 4.67. The molecule has 15 heteroatoms. The molecule has 1 saturated heterocycles. The van der Waals surface area contributed by atoms with Crippen LogP contribution in [0.5, 0.6) is 17.4 Å². The first-order valence-electron chi connectivity index (χ1n) is 14.5. The SMILES string of the molecule is C=CC(=O)Nc1cc2c(Oc3ccc(NC(=O)Nc4ccc(Cl)c(C(F)(F)F)c4)cc3)ncnc2cc1OCCCN1CCOCC1. The summed E-state index contributed by atoms with van der Waals surface area (Å²) in [6.45, 7) is 7.98. The minimum atomic E-state index is -4.67. The van der Waals surface area contributed by atoms with Gasteiger partial charge in [0.05, 0.1) is 47.0 Å². The maximum atomic E-state index is 13.1. The molecule has 0 aliphatic carbocycles. The number of nitrogens with zero attached hydrogens (tertiary/aromatic N) is 3. The third kappa shape index (κ3) is 9.09. The van der Waals surface area contributed by atoms with Gasteiger partial charge in [-0.3, -0.25) is 9.69 Å². The van der Waals surface area contributed by atoms with E-state index in [0.717, 1.165) is 44.3 Å². The van der Waals surface area contributed by atoms with Crippen LogP contribution in [0.2, 0.25) is 5.02 Å². The standard InChI is InChI=1S/C32H30ClF3N6O5/c1-2-29(43)41-27-17-23-26(18-28(27)46-13-3-10-42-11-14-45-15-12-42)37-19-38-30(23)47-22-7-4-20(5-8-22)39-31(44)40-21-6-9-25(33)24(16-21)32(34,35)36/h2,4-9,16-19H,1,3,10-15H2,(H,41,43)(H2,39,40,44). The zero-order valence-corrected chi connectivity index (χ0v) is 25.7. The lowest BCUT2D eigenvalue weighted by Crippen LogP contribution is -2.37. The Hall–Kier alpha value is -4.92. The van der Waals surface area contributed by atoms with Crippen molar-refractivity contribution in [2.24, 2.45) is 0 Å². The van der Waals surface area contributed by atoms with E-state index in [0.29, 0.717) is 53.6 Å². The summed E-state index contributed by atoms with van der Waals surface area (Å²) in [7, 11) is 0. The van der Waals surface area contributed by atoms with E-state index in [2.05, 4.69) is 37.4 Å². The summed E-state index contributed by atoms with van der Waals surface area (Å²) in [5, 5.41) is 7.68. The highest BCUT2D eigenvalue weighted by atomic mass is 35.5. The van der Waals surface area contributed by atoms with Gasteiger partial charge in [-0.2, -0.15) is 13.2 Å². The van der Waals surface area contributed by atoms with Crippen molar-refractivity contribution >= 4 is 51.5 Å². The van der Waals surface area contributed by atoms with Crippen LogP contribution in [0.25, 0.3) is 10.9 Å². The Balaban J connectivity index is 1.25. The number of rotatable bonds is 11. The smallest absolute Gasteiger partial charge is 0.417 e. The maximum absolute atomic E-state index is 13.1. The molecule has 2 heterocycles. The number of amides is 3. The first kappa shape index (κ1) is 33.4. The molecule has 4 aromatic rings. The fourth-order valence-corrected chi connectivity index (χ4v) is 4.89. The summed E-state index contributed by atoms with van der Waals surface area (Å²) in [5.41, 5.74) is 0.106. The number of urea groups is 1. The molecule has 3 N–H and O–H groups in total. The molecule has 3 amide bonds. The summed E-state index contributed by atoms with van der Waals surface area (Å²) < 4.78 is 56.9. The molecule has 0 spiro atoms. The van der Waals surface area contributed by atoms with Crippen molar-refractivity contribution in [1.82, 2.24) is 14.9 Å². The van der Waals surface area contributed by atoms with Gasteiger partial charge in [-0.1, -0.05) is 18.2 Å². The predicted molar refractivity (Wildman–Crippen MR) is 171 cm³/mol. The second-order valence-corrected chi connectivity index (χ2v) is 10.7. The van der Waals surface area contributed by atoms with E-state index in [4.69, 9.17) is 25.8 Å². The van der Waals surface area contributed by atoms with Gasteiger partial charge in [-0.15, -0.1) is 0 Å². The number of carbonyl (C=O) groups is 2. The third-order valence-electron chi connectivity index (χ3n) is 6.98. The van der Waals surface area contributed by atoms with Gasteiger partial charge < -0.3 is 30.2 Å². The average Bonchev–Trinajstić information content (AvgIpc) is 3.05. The Morgan fingerprint density at radius 2 is 1.72 bits per heavy atom. The van der Waals surface area contributed by atoms with Gasteiger partial charge in [-0.25, -0.2) is 14.8 Å². The van der Waals surface area contributed by atoms with Crippen LogP contribution < -0.4 is 25.4 Å². The van der Waals surface area contributed by atoms with Gasteiger partial charge >= 0.3 is 12.2 Å². The Morgan fingerprint density at radius 1 is 1.00 bits per heavy atom. The topological polar surface area (TPSA) is 127 Å². The predicted octanol–water partition coefficient (Wildman–Crippen LogP) is 6.96. The van der Waals surface area contributed by atoms with Gasteiger partial charge in [-0.05, 0) is 61.0 Å². The van der Waals surface area contributed by atoms with Crippen molar-refractivity contribution in [3.8, 4) is 17.4 Å². The number of anilines is 3. The number of hydrogen-bond acceptors (Lipinski definition) is 8. The number of alkyl halides is 3. The maximum Gasteiger partial charge on any atom is 0.417 e. The molecule has 0 saturated carbocycles. The molecule has 1 aliphatic rings. The molecule has 11 nitrogen and oxygen atoms in total. The van der Waals surface area contributed by atoms with Crippen LogP contribution in [0.15, 0.2) is 73.6 Å². The lowest BCUT2D eigenvalue weighted by atomic mass is 10.2. The normalized spacial score (nSPS) is 13.5. The Kier molecular flexibility index (Phi) is 10.8. The van der Waals surface area contributed by atoms with Crippen molar-refractivity contribution < 1.29 is 37.0 Å². The largest absolute Gasteiger partial charge is 0.491 e. The molecule has 5 rings (SSSR count). The second kappa shape index (κ2) is 15.1. The van der Waals surface area contributed by atoms with Crippen molar-refractivity contribution in [3.63, 3.8) is 0 Å². The van der Waals surface area contributed by atoms with E-state index < -0.39 is 28.7 Å². The Labute approximate surface area is 272 Å². The van der Waals surface area contributed by atoms with E-state index in [1.807, 2.05) is 0 Å². The zero-order chi connectivity index (χ0) is 33.4. The molecule has 1 fully saturated rings. The minimum Gasteiger partial charge on any atom is -0.491 e. The van der Waals surface area contributed by atoms with Gasteiger partial charge in [0.1, 0.15) is 17.8 Å². The fraction of sp³-hybridized carbons (Fsp3) is 0.250. The molecular formula is C32H30ClF3N6O5. The Bertz CT molecular complexity index is 1750. The summed E-state index contributed by atoms with van der Waals surface area (Å²) in [6, 6.07) is 11.9. The molecule has 1 aliphatic heterocycles. The van der Waals surface area contributed by atoms with Gasteiger partial charge in [0.25, 0.3) is 0 Å². The van der Waals surface area contributed by atoms with E-state index in [-0.39, 0.29) is 11.6 Å². The number of carbonyl (C=O) groups excluding carboxylic acids is 2. The van der Waals surface area contributed by atoms with Crippen LogP contribution in [-0.4, -0.2) is 66.3 Å². The first-order valence-corrected chi connectivity index (χ1v) is 14.8. The van der Waals surface area contributed by atoms with Crippen molar-refractivity contribution in [2.45, 2.75) is 12.6 Å². The van der Waals surface area contributed by atoms with Crippen LogP contribution in [-0.2, 0) is 15.7 Å². The monoisotopic (exact) mass is 670 g/mol. The van der Waals surface area contributed by atoms with Crippen LogP contribution in [0, 0.1) is 0 Å². The molecule has 3 aromatic carbocycles. The summed E-state index contributed by atoms with van der Waals surface area (Å²) in [6.07, 6.45) is -1.41. The van der Waals surface area contributed by atoms with Gasteiger partial charge in [0.15, 0.2) is 0 Å². The number of fused-ring (bicyclic) bond motifs is 1. The highest BCUT2D eigenvalue weighted by Gasteiger charge is 2.33. The lowest BCUT2D eigenvalue weighted by Gasteiger charge is -2.26. The number of halogens is 4. The van der Waals surface area contributed by atoms with Gasteiger partial charge in [0, 0.05) is 37.1 Å². The van der Waals surface area contributed by atoms with Crippen LogP contribution >= 0.6 is 11.6 Å². The molecule has 0 unspecified atom stereocenters. The highest BCUT2D eigenvalue weighted by molar-refractivity contribution is 6.31. The summed E-state index contributed by atoms with van der Waals surface area (Å²) >= 11 is 5.64. The molecule has 246 valence electrons. The van der Waals surface area contributed by atoms with Crippen molar-refractivity contribution in [2.75, 3.05) is 55.4 Å². The van der Waals surface area contributed by atoms with Crippen molar-refractivity contribution in [1.29, 1.82) is 0 Å². The number of ether oxygens (including phenoxy) is 3. The molecule has 1 aromatic heterocycles. The van der Waals surface area contributed by atoms with E-state index in [1.165, 1.54) is 12.4 Å². The number of aromatic nitrogens is 2. The van der Waals surface area contributed by atoms with Gasteiger partial charge in [0.2, 0.25) is 11.8 Å². The van der Waals surface area contributed by atoms with E-state index >= 15 is 0 Å². The second-order valence-electron chi connectivity index (χ2n) is 10.3. The third-order valence-corrected chi connectivity index (χ3v) is 7.31. The zero-order valence-electron chi connectivity index (χ0n) is 24.9. The highest BCUT2D eigenvalue weighted by Crippen LogP contribution is 2.37. The Morgan fingerprint density at radius 3 is 2.45 bits per heavy atom. The summed E-state index contributed by atoms with van der Waals surface area (Å²) in [5.74, 6) is 0.570. The number of nitrogens with one attached hydrogen (secondary N) is 3. The molecule has 0 bridgehead atoms. The molecule has 0 atom stereocenters. The molecular weight excluding hydrogens is 641 g/mol. The minimum absolute atomic E-state index is 0.0833. The van der Waals surface area contributed by atoms with E-state index in [1.54, 1.807) is 36.4 Å². The lowest BCUT2D eigenvalue weighted by molar-refractivity contribution is -0.137. The van der Waals surface area contributed by atoms with E-state index in [9.17, 15) is 22.8 Å². The first-order chi connectivity index (χ1) is 22.6.